The summed E-state index contributed by atoms with van der Waals surface area (Å²) in [7, 11) is 0. The van der Waals surface area contributed by atoms with Crippen molar-refractivity contribution in [3.8, 4) is 5.69 Å². The van der Waals surface area contributed by atoms with Gasteiger partial charge in [-0.05, 0) is 48.9 Å². The lowest BCUT2D eigenvalue weighted by Gasteiger charge is -2.17. The first kappa shape index (κ1) is 14.3. The Kier molecular flexibility index (Phi) is 4.68. The molecule has 1 heterocycles. The summed E-state index contributed by atoms with van der Waals surface area (Å²) in [5.41, 5.74) is 2.42. The van der Waals surface area contributed by atoms with Crippen molar-refractivity contribution in [3.05, 3.63) is 48.5 Å². The van der Waals surface area contributed by atoms with Crippen LogP contribution in [0.5, 0.6) is 0 Å². The molecule has 2 N–H and O–H groups in total. The van der Waals surface area contributed by atoms with Crippen LogP contribution in [0, 0.1) is 11.8 Å². The molecule has 21 heavy (non-hydrogen) atoms. The van der Waals surface area contributed by atoms with Crippen molar-refractivity contribution in [2.75, 3.05) is 13.2 Å². The highest BCUT2D eigenvalue weighted by Gasteiger charge is 2.25. The molecule has 0 saturated heterocycles. The molecule has 2 aromatic rings. The van der Waals surface area contributed by atoms with E-state index in [1.54, 1.807) is 6.20 Å². The minimum Gasteiger partial charge on any atom is -0.396 e. The molecule has 2 unspecified atom stereocenters. The van der Waals surface area contributed by atoms with E-state index < -0.39 is 0 Å². The Labute approximate surface area is 125 Å². The van der Waals surface area contributed by atoms with Gasteiger partial charge in [-0.3, -0.25) is 0 Å². The third-order valence-corrected chi connectivity index (χ3v) is 4.53. The van der Waals surface area contributed by atoms with Crippen LogP contribution in [0.2, 0.25) is 0 Å². The van der Waals surface area contributed by atoms with Gasteiger partial charge in [0.05, 0.1) is 6.33 Å². The van der Waals surface area contributed by atoms with Crippen molar-refractivity contribution in [1.29, 1.82) is 0 Å². The minimum absolute atomic E-state index is 0.339. The molecule has 1 aliphatic rings. The van der Waals surface area contributed by atoms with Crippen molar-refractivity contribution in [2.24, 2.45) is 11.8 Å². The van der Waals surface area contributed by atoms with Crippen LogP contribution in [0.15, 0.2) is 43.0 Å². The standard InChI is InChI=1S/C17H23N3O/c21-12-16-3-1-2-15(16)11-19-10-14-4-6-17(7-5-14)20-9-8-18-13-20/h4-9,13,15-16,19,21H,1-3,10-12H2. The first-order valence-corrected chi connectivity index (χ1v) is 7.75. The van der Waals surface area contributed by atoms with Crippen LogP contribution < -0.4 is 5.32 Å². The molecule has 2 atom stereocenters. The van der Waals surface area contributed by atoms with Gasteiger partial charge in [0.15, 0.2) is 0 Å². The van der Waals surface area contributed by atoms with Gasteiger partial charge in [-0.1, -0.05) is 18.6 Å². The molecule has 1 fully saturated rings. The molecule has 0 amide bonds. The Morgan fingerprint density at radius 2 is 2.00 bits per heavy atom. The van der Waals surface area contributed by atoms with Gasteiger partial charge in [0.25, 0.3) is 0 Å². The molecule has 3 rings (SSSR count). The second-order valence-electron chi connectivity index (χ2n) is 5.90. The second-order valence-corrected chi connectivity index (χ2v) is 5.90. The quantitative estimate of drug-likeness (QED) is 0.856. The Bertz CT molecular complexity index is 536. The first-order chi connectivity index (χ1) is 10.4. The van der Waals surface area contributed by atoms with E-state index in [1.165, 1.54) is 24.8 Å². The van der Waals surface area contributed by atoms with E-state index >= 15 is 0 Å². The van der Waals surface area contributed by atoms with Crippen molar-refractivity contribution in [2.45, 2.75) is 25.8 Å². The summed E-state index contributed by atoms with van der Waals surface area (Å²) in [5, 5.41) is 12.9. The van der Waals surface area contributed by atoms with Crippen LogP contribution in [0.25, 0.3) is 5.69 Å². The van der Waals surface area contributed by atoms with Crippen LogP contribution in [0.3, 0.4) is 0 Å². The maximum Gasteiger partial charge on any atom is 0.0991 e. The van der Waals surface area contributed by atoms with Gasteiger partial charge in [0, 0.05) is 31.2 Å². The number of hydrogen-bond donors (Lipinski definition) is 2. The Morgan fingerprint density at radius 3 is 2.71 bits per heavy atom. The SMILES string of the molecule is OCC1CCCC1CNCc1ccc(-n2ccnc2)cc1. The molecule has 0 aliphatic heterocycles. The molecule has 0 radical (unpaired) electrons. The van der Waals surface area contributed by atoms with Crippen LogP contribution in [0.1, 0.15) is 24.8 Å². The van der Waals surface area contributed by atoms with Crippen LogP contribution in [0.4, 0.5) is 0 Å². The maximum atomic E-state index is 9.34. The fourth-order valence-electron chi connectivity index (χ4n) is 3.22. The smallest absolute Gasteiger partial charge is 0.0991 e. The Balaban J connectivity index is 1.49. The van der Waals surface area contributed by atoms with Gasteiger partial charge in [-0.2, -0.15) is 0 Å². The largest absolute Gasteiger partial charge is 0.396 e. The number of imidazole rings is 1. The van der Waals surface area contributed by atoms with Gasteiger partial charge in [0.2, 0.25) is 0 Å². The number of aliphatic hydroxyl groups is 1. The summed E-state index contributed by atoms with van der Waals surface area (Å²) >= 11 is 0. The molecule has 4 nitrogen and oxygen atoms in total. The van der Waals surface area contributed by atoms with E-state index in [0.29, 0.717) is 18.4 Å². The molecule has 0 bridgehead atoms. The molecule has 1 aromatic carbocycles. The molecule has 112 valence electrons. The maximum absolute atomic E-state index is 9.34. The average molecular weight is 285 g/mol. The van der Waals surface area contributed by atoms with Crippen molar-refractivity contribution < 1.29 is 5.11 Å². The number of aliphatic hydroxyl groups excluding tert-OH is 1. The topological polar surface area (TPSA) is 50.1 Å². The average Bonchev–Trinajstić information content (AvgIpc) is 3.19. The zero-order chi connectivity index (χ0) is 14.5. The molecule has 4 heteroatoms. The van der Waals surface area contributed by atoms with E-state index in [-0.39, 0.29) is 0 Å². The third kappa shape index (κ3) is 3.52. The monoisotopic (exact) mass is 285 g/mol. The first-order valence-electron chi connectivity index (χ1n) is 7.75. The van der Waals surface area contributed by atoms with Gasteiger partial charge in [-0.15, -0.1) is 0 Å². The van der Waals surface area contributed by atoms with E-state index in [4.69, 9.17) is 0 Å². The van der Waals surface area contributed by atoms with Crippen molar-refractivity contribution in [1.82, 2.24) is 14.9 Å². The molecule has 1 saturated carbocycles. The summed E-state index contributed by atoms with van der Waals surface area (Å²) in [6, 6.07) is 8.54. The van der Waals surface area contributed by atoms with Gasteiger partial charge in [-0.25, -0.2) is 4.98 Å². The highest BCUT2D eigenvalue weighted by molar-refractivity contribution is 5.34. The molecule has 1 aliphatic carbocycles. The van der Waals surface area contributed by atoms with Crippen LogP contribution in [-0.4, -0.2) is 27.8 Å². The molecule has 0 spiro atoms. The lowest BCUT2D eigenvalue weighted by Crippen LogP contribution is -2.26. The number of benzene rings is 1. The lowest BCUT2D eigenvalue weighted by atomic mass is 9.97. The van der Waals surface area contributed by atoms with Gasteiger partial charge < -0.3 is 15.0 Å². The summed E-state index contributed by atoms with van der Waals surface area (Å²) in [5.74, 6) is 1.14. The number of nitrogens with zero attached hydrogens (tertiary/aromatic N) is 2. The van der Waals surface area contributed by atoms with Gasteiger partial charge in [0.1, 0.15) is 0 Å². The highest BCUT2D eigenvalue weighted by atomic mass is 16.3. The van der Waals surface area contributed by atoms with E-state index in [9.17, 15) is 5.11 Å². The normalized spacial score (nSPS) is 21.8. The zero-order valence-electron chi connectivity index (χ0n) is 12.3. The highest BCUT2D eigenvalue weighted by Crippen LogP contribution is 2.30. The third-order valence-electron chi connectivity index (χ3n) is 4.53. The van der Waals surface area contributed by atoms with Gasteiger partial charge >= 0.3 is 0 Å². The van der Waals surface area contributed by atoms with E-state index in [2.05, 4.69) is 34.6 Å². The van der Waals surface area contributed by atoms with E-state index in [0.717, 1.165) is 18.8 Å². The number of rotatable bonds is 6. The Hall–Kier alpha value is -1.65. The minimum atomic E-state index is 0.339. The summed E-state index contributed by atoms with van der Waals surface area (Å²) in [4.78, 5) is 4.06. The van der Waals surface area contributed by atoms with Crippen LogP contribution >= 0.6 is 0 Å². The summed E-state index contributed by atoms with van der Waals surface area (Å²) in [6.45, 7) is 2.24. The number of hydrogen-bond acceptors (Lipinski definition) is 3. The van der Waals surface area contributed by atoms with Crippen LogP contribution in [-0.2, 0) is 6.54 Å². The van der Waals surface area contributed by atoms with E-state index in [1.807, 2.05) is 17.1 Å². The summed E-state index contributed by atoms with van der Waals surface area (Å²) < 4.78 is 2.00. The second kappa shape index (κ2) is 6.87. The molecule has 1 aromatic heterocycles. The fraction of sp³-hybridized carbons (Fsp3) is 0.471. The number of aromatic nitrogens is 2. The molecular weight excluding hydrogens is 262 g/mol. The fourth-order valence-corrected chi connectivity index (χ4v) is 3.22. The molecular formula is C17H23N3O. The predicted octanol–water partition coefficient (Wildman–Crippen LogP) is 2.37. The predicted molar refractivity (Wildman–Crippen MR) is 83.2 cm³/mol. The van der Waals surface area contributed by atoms with Crippen molar-refractivity contribution >= 4 is 0 Å². The van der Waals surface area contributed by atoms with Crippen molar-refractivity contribution in [3.63, 3.8) is 0 Å². The Morgan fingerprint density at radius 1 is 1.19 bits per heavy atom. The summed E-state index contributed by atoms with van der Waals surface area (Å²) in [6.07, 6.45) is 9.23. The zero-order valence-corrected chi connectivity index (χ0v) is 12.3. The number of nitrogens with one attached hydrogen (secondary N) is 1. The lowest BCUT2D eigenvalue weighted by molar-refractivity contribution is 0.192.